The Morgan fingerprint density at radius 3 is 3.00 bits per heavy atom. The number of carbonyl (C=O) groups is 1. The average Bonchev–Trinajstić information content (AvgIpc) is 2.56. The van der Waals surface area contributed by atoms with Crippen LogP contribution in [0, 0.1) is 5.92 Å². The number of amides is 2. The predicted molar refractivity (Wildman–Crippen MR) is 90.7 cm³/mol. The van der Waals surface area contributed by atoms with E-state index >= 15 is 0 Å². The number of benzene rings is 1. The van der Waals surface area contributed by atoms with Gasteiger partial charge in [0, 0.05) is 25.6 Å². The molecule has 5 nitrogen and oxygen atoms in total. The molecule has 0 radical (unpaired) electrons. The van der Waals surface area contributed by atoms with Crippen molar-refractivity contribution in [2.45, 2.75) is 39.2 Å². The van der Waals surface area contributed by atoms with Crippen LogP contribution in [0.5, 0.6) is 5.75 Å². The maximum absolute atomic E-state index is 12.3. The van der Waals surface area contributed by atoms with Gasteiger partial charge in [0.15, 0.2) is 0 Å². The molecule has 1 aliphatic heterocycles. The van der Waals surface area contributed by atoms with Crippen LogP contribution >= 0.6 is 0 Å². The summed E-state index contributed by atoms with van der Waals surface area (Å²) in [5.74, 6) is 1.07. The number of para-hydroxylation sites is 1. The van der Waals surface area contributed by atoms with E-state index in [1.54, 1.807) is 6.92 Å². The zero-order valence-corrected chi connectivity index (χ0v) is 14.1. The van der Waals surface area contributed by atoms with Gasteiger partial charge in [-0.3, -0.25) is 0 Å². The van der Waals surface area contributed by atoms with Crippen LogP contribution in [0.2, 0.25) is 0 Å². The van der Waals surface area contributed by atoms with Crippen LogP contribution in [0.1, 0.15) is 32.3 Å². The molecule has 1 aromatic rings. The summed E-state index contributed by atoms with van der Waals surface area (Å²) in [6.07, 6.45) is 2.33. The molecule has 2 unspecified atom stereocenters. The minimum absolute atomic E-state index is 0.0377. The Bertz CT molecular complexity index is 505. The lowest BCUT2D eigenvalue weighted by Crippen LogP contribution is -2.47. The number of ether oxygens (including phenoxy) is 1. The van der Waals surface area contributed by atoms with E-state index < -0.39 is 0 Å². The topological polar surface area (TPSA) is 61.8 Å². The molecule has 2 atom stereocenters. The molecule has 1 aliphatic rings. The van der Waals surface area contributed by atoms with Crippen molar-refractivity contribution in [1.29, 1.82) is 0 Å². The fraction of sp³-hybridized carbons (Fsp3) is 0.611. The van der Waals surface area contributed by atoms with Crippen LogP contribution in [0.4, 0.5) is 4.79 Å². The molecular weight excluding hydrogens is 292 g/mol. The van der Waals surface area contributed by atoms with Gasteiger partial charge in [-0.2, -0.15) is 0 Å². The van der Waals surface area contributed by atoms with Crippen molar-refractivity contribution < 1.29 is 14.6 Å². The number of nitrogens with one attached hydrogen (secondary N) is 1. The SMILES string of the molecule is CCOc1ccccc1CCNC(=O)N1CCCC(C(C)O)C1. The summed E-state index contributed by atoms with van der Waals surface area (Å²) in [4.78, 5) is 14.1. The highest BCUT2D eigenvalue weighted by Crippen LogP contribution is 2.20. The molecule has 0 saturated carbocycles. The van der Waals surface area contributed by atoms with Crippen molar-refractivity contribution in [3.8, 4) is 5.75 Å². The largest absolute Gasteiger partial charge is 0.494 e. The van der Waals surface area contributed by atoms with Gasteiger partial charge in [0.05, 0.1) is 12.7 Å². The molecule has 1 aromatic carbocycles. The molecule has 23 heavy (non-hydrogen) atoms. The predicted octanol–water partition coefficient (Wildman–Crippen LogP) is 2.43. The van der Waals surface area contributed by atoms with Crippen LogP contribution in [0.15, 0.2) is 24.3 Å². The maximum Gasteiger partial charge on any atom is 0.317 e. The summed E-state index contributed by atoms with van der Waals surface area (Å²) in [7, 11) is 0. The molecule has 1 fully saturated rings. The van der Waals surface area contributed by atoms with E-state index in [0.29, 0.717) is 19.7 Å². The summed E-state index contributed by atoms with van der Waals surface area (Å²) >= 11 is 0. The Hall–Kier alpha value is -1.75. The molecule has 1 saturated heterocycles. The third kappa shape index (κ3) is 5.13. The quantitative estimate of drug-likeness (QED) is 0.846. The number of nitrogens with zero attached hydrogens (tertiary/aromatic N) is 1. The molecule has 2 N–H and O–H groups in total. The minimum atomic E-state index is -0.358. The molecule has 0 bridgehead atoms. The average molecular weight is 320 g/mol. The third-order valence-corrected chi connectivity index (χ3v) is 4.37. The highest BCUT2D eigenvalue weighted by molar-refractivity contribution is 5.74. The number of urea groups is 1. The van der Waals surface area contributed by atoms with Crippen LogP contribution in [-0.2, 0) is 6.42 Å². The molecule has 0 aliphatic carbocycles. The lowest BCUT2D eigenvalue weighted by Gasteiger charge is -2.34. The molecule has 5 heteroatoms. The van der Waals surface area contributed by atoms with E-state index in [1.165, 1.54) is 0 Å². The molecule has 128 valence electrons. The van der Waals surface area contributed by atoms with Gasteiger partial charge >= 0.3 is 6.03 Å². The van der Waals surface area contributed by atoms with E-state index in [-0.39, 0.29) is 18.1 Å². The summed E-state index contributed by atoms with van der Waals surface area (Å²) in [6, 6.07) is 7.89. The van der Waals surface area contributed by atoms with Crippen molar-refractivity contribution in [2.24, 2.45) is 5.92 Å². The van der Waals surface area contributed by atoms with Gasteiger partial charge in [0.1, 0.15) is 5.75 Å². The maximum atomic E-state index is 12.3. The van der Waals surface area contributed by atoms with Gasteiger partial charge in [-0.05, 0) is 44.7 Å². The Morgan fingerprint density at radius 1 is 1.48 bits per heavy atom. The number of rotatable bonds is 6. The van der Waals surface area contributed by atoms with Crippen LogP contribution < -0.4 is 10.1 Å². The fourth-order valence-electron chi connectivity index (χ4n) is 3.01. The van der Waals surface area contributed by atoms with Crippen molar-refractivity contribution >= 4 is 6.03 Å². The van der Waals surface area contributed by atoms with E-state index in [0.717, 1.165) is 37.1 Å². The third-order valence-electron chi connectivity index (χ3n) is 4.37. The van der Waals surface area contributed by atoms with Crippen LogP contribution in [-0.4, -0.2) is 48.4 Å². The van der Waals surface area contributed by atoms with E-state index in [1.807, 2.05) is 36.1 Å². The monoisotopic (exact) mass is 320 g/mol. The zero-order valence-electron chi connectivity index (χ0n) is 14.1. The number of aliphatic hydroxyl groups is 1. The zero-order chi connectivity index (χ0) is 16.7. The second-order valence-corrected chi connectivity index (χ2v) is 6.11. The minimum Gasteiger partial charge on any atom is -0.494 e. The summed E-state index contributed by atoms with van der Waals surface area (Å²) in [6.45, 7) is 6.39. The van der Waals surface area contributed by atoms with E-state index in [4.69, 9.17) is 4.74 Å². The van der Waals surface area contributed by atoms with Crippen LogP contribution in [0.25, 0.3) is 0 Å². The Balaban J connectivity index is 1.81. The summed E-state index contributed by atoms with van der Waals surface area (Å²) in [5.41, 5.74) is 1.11. The molecule has 2 rings (SSSR count). The van der Waals surface area contributed by atoms with Crippen molar-refractivity contribution in [3.63, 3.8) is 0 Å². The molecule has 1 heterocycles. The normalized spacial score (nSPS) is 19.3. The smallest absolute Gasteiger partial charge is 0.317 e. The highest BCUT2D eigenvalue weighted by Gasteiger charge is 2.26. The number of likely N-dealkylation sites (tertiary alicyclic amines) is 1. The van der Waals surface area contributed by atoms with Crippen molar-refractivity contribution in [2.75, 3.05) is 26.2 Å². The second-order valence-electron chi connectivity index (χ2n) is 6.11. The lowest BCUT2D eigenvalue weighted by molar-refractivity contribution is 0.0740. The van der Waals surface area contributed by atoms with Gasteiger partial charge in [-0.1, -0.05) is 18.2 Å². The van der Waals surface area contributed by atoms with Gasteiger partial charge < -0.3 is 20.1 Å². The first-order chi connectivity index (χ1) is 11.1. The number of carbonyl (C=O) groups excluding carboxylic acids is 1. The fourth-order valence-corrected chi connectivity index (χ4v) is 3.01. The number of hydrogen-bond acceptors (Lipinski definition) is 3. The lowest BCUT2D eigenvalue weighted by atomic mass is 9.94. The molecular formula is C18H28N2O3. The first kappa shape index (κ1) is 17.6. The van der Waals surface area contributed by atoms with Gasteiger partial charge in [-0.15, -0.1) is 0 Å². The Kier molecular flexibility index (Phi) is 6.71. The first-order valence-corrected chi connectivity index (χ1v) is 8.53. The highest BCUT2D eigenvalue weighted by atomic mass is 16.5. The molecule has 0 aromatic heterocycles. The first-order valence-electron chi connectivity index (χ1n) is 8.53. The summed E-state index contributed by atoms with van der Waals surface area (Å²) in [5, 5.41) is 12.7. The standard InChI is InChI=1S/C18H28N2O3/c1-3-23-17-9-5-4-7-15(17)10-11-19-18(22)20-12-6-8-16(13-20)14(2)21/h4-5,7,9,14,16,21H,3,6,8,10-13H2,1-2H3,(H,19,22). The van der Waals surface area contributed by atoms with Gasteiger partial charge in [0.25, 0.3) is 0 Å². The Morgan fingerprint density at radius 2 is 2.26 bits per heavy atom. The summed E-state index contributed by atoms with van der Waals surface area (Å²) < 4.78 is 5.60. The van der Waals surface area contributed by atoms with Crippen molar-refractivity contribution in [3.05, 3.63) is 29.8 Å². The van der Waals surface area contributed by atoms with E-state index in [2.05, 4.69) is 5.32 Å². The van der Waals surface area contributed by atoms with Crippen molar-refractivity contribution in [1.82, 2.24) is 10.2 Å². The van der Waals surface area contributed by atoms with Crippen LogP contribution in [0.3, 0.4) is 0 Å². The number of hydrogen-bond donors (Lipinski definition) is 2. The van der Waals surface area contributed by atoms with Gasteiger partial charge in [0.2, 0.25) is 0 Å². The second kappa shape index (κ2) is 8.77. The number of piperidine rings is 1. The molecule has 2 amide bonds. The molecule has 0 spiro atoms. The number of aliphatic hydroxyl groups excluding tert-OH is 1. The van der Waals surface area contributed by atoms with E-state index in [9.17, 15) is 9.90 Å². The Labute approximate surface area is 138 Å². The van der Waals surface area contributed by atoms with Gasteiger partial charge in [-0.25, -0.2) is 4.79 Å².